The molecule has 0 saturated carbocycles. The van der Waals surface area contributed by atoms with Gasteiger partial charge in [0.25, 0.3) is 0 Å². The van der Waals surface area contributed by atoms with E-state index in [1.165, 1.54) is 5.56 Å². The first-order chi connectivity index (χ1) is 9.78. The van der Waals surface area contributed by atoms with E-state index in [1.807, 2.05) is 18.2 Å². The number of halogens is 1. The number of nitrogens with zero attached hydrogens (tertiary/aromatic N) is 3. The van der Waals surface area contributed by atoms with Gasteiger partial charge >= 0.3 is 0 Å². The zero-order valence-electron chi connectivity index (χ0n) is 11.0. The average molecular weight is 288 g/mol. The second-order valence-electron chi connectivity index (χ2n) is 4.47. The van der Waals surface area contributed by atoms with Crippen LogP contribution < -0.4 is 5.32 Å². The van der Waals surface area contributed by atoms with Crippen LogP contribution in [0.2, 0.25) is 5.28 Å². The number of aromatic nitrogens is 4. The highest BCUT2D eigenvalue weighted by Crippen LogP contribution is 2.25. The third kappa shape index (κ3) is 2.44. The molecule has 6 heteroatoms. The lowest BCUT2D eigenvalue weighted by Gasteiger charge is -2.11. The zero-order chi connectivity index (χ0) is 13.9. The number of aromatic amines is 1. The van der Waals surface area contributed by atoms with Gasteiger partial charge in [-0.05, 0) is 29.7 Å². The second-order valence-corrected chi connectivity index (χ2v) is 4.81. The molecule has 3 rings (SSSR count). The molecule has 102 valence electrons. The fourth-order valence-corrected chi connectivity index (χ4v) is 2.32. The third-order valence-corrected chi connectivity index (χ3v) is 3.22. The summed E-state index contributed by atoms with van der Waals surface area (Å²) in [7, 11) is 0. The van der Waals surface area contributed by atoms with E-state index in [0.29, 0.717) is 11.5 Å². The number of nitrogens with one attached hydrogen (secondary N) is 2. The molecule has 0 atom stereocenters. The van der Waals surface area contributed by atoms with Gasteiger partial charge in [0.15, 0.2) is 11.5 Å². The molecule has 1 aromatic carbocycles. The molecule has 3 aromatic rings. The Balaban J connectivity index is 2.03. The van der Waals surface area contributed by atoms with Gasteiger partial charge < -0.3 is 10.3 Å². The van der Waals surface area contributed by atoms with Crippen molar-refractivity contribution in [2.24, 2.45) is 0 Å². The van der Waals surface area contributed by atoms with Gasteiger partial charge in [-0.3, -0.25) is 0 Å². The Morgan fingerprint density at radius 2 is 2.10 bits per heavy atom. The van der Waals surface area contributed by atoms with Gasteiger partial charge in [-0.2, -0.15) is 9.97 Å². The summed E-state index contributed by atoms with van der Waals surface area (Å²) in [5.74, 6) is 0.640. The summed E-state index contributed by atoms with van der Waals surface area (Å²) in [6.45, 7) is 2.16. The summed E-state index contributed by atoms with van der Waals surface area (Å²) >= 11 is 5.93. The quantitative estimate of drug-likeness (QED) is 0.718. The second kappa shape index (κ2) is 5.46. The number of para-hydroxylation sites is 1. The molecule has 0 bridgehead atoms. The lowest BCUT2D eigenvalue weighted by atomic mass is 10.1. The van der Waals surface area contributed by atoms with Gasteiger partial charge in [-0.15, -0.1) is 0 Å². The maximum absolute atomic E-state index is 5.93. The van der Waals surface area contributed by atoms with Crippen LogP contribution in [-0.2, 0) is 6.42 Å². The molecule has 0 radical (unpaired) electrons. The molecule has 2 aromatic heterocycles. The maximum atomic E-state index is 5.93. The Morgan fingerprint density at radius 1 is 1.25 bits per heavy atom. The summed E-state index contributed by atoms with van der Waals surface area (Å²) in [6, 6.07) is 8.17. The van der Waals surface area contributed by atoms with Crippen LogP contribution in [0.1, 0.15) is 18.9 Å². The van der Waals surface area contributed by atoms with Crippen LogP contribution in [0.25, 0.3) is 11.2 Å². The van der Waals surface area contributed by atoms with Crippen molar-refractivity contribution in [2.45, 2.75) is 19.8 Å². The van der Waals surface area contributed by atoms with E-state index < -0.39 is 0 Å². The predicted molar refractivity (Wildman–Crippen MR) is 80.4 cm³/mol. The molecule has 0 fully saturated rings. The Labute approximate surface area is 121 Å². The molecule has 0 unspecified atom stereocenters. The normalized spacial score (nSPS) is 10.9. The van der Waals surface area contributed by atoms with Gasteiger partial charge in [0, 0.05) is 5.69 Å². The van der Waals surface area contributed by atoms with Crippen molar-refractivity contribution >= 4 is 34.3 Å². The predicted octanol–water partition coefficient (Wildman–Crippen LogP) is 3.70. The lowest BCUT2D eigenvalue weighted by Crippen LogP contribution is -2.00. The minimum absolute atomic E-state index is 0.181. The van der Waals surface area contributed by atoms with Crippen LogP contribution in [0.5, 0.6) is 0 Å². The Bertz CT molecular complexity index is 737. The van der Waals surface area contributed by atoms with Crippen LogP contribution in [0.4, 0.5) is 11.5 Å². The van der Waals surface area contributed by atoms with Gasteiger partial charge in [-0.25, -0.2) is 4.98 Å². The molecule has 0 aliphatic carbocycles. The standard InChI is InChI=1S/C14H14ClN5/c1-2-5-9-6-3-4-7-10(9)18-13-11-12(17-8-16-11)19-14(15)20-13/h3-4,6-8H,2,5H2,1H3,(H2,16,17,18,19,20). The van der Waals surface area contributed by atoms with Crippen molar-refractivity contribution in [3.63, 3.8) is 0 Å². The van der Waals surface area contributed by atoms with Crippen molar-refractivity contribution in [3.8, 4) is 0 Å². The highest BCUT2D eigenvalue weighted by Gasteiger charge is 2.10. The van der Waals surface area contributed by atoms with Crippen LogP contribution in [-0.4, -0.2) is 19.9 Å². The van der Waals surface area contributed by atoms with E-state index in [1.54, 1.807) is 6.33 Å². The highest BCUT2D eigenvalue weighted by atomic mass is 35.5. The molecule has 0 saturated heterocycles. The van der Waals surface area contributed by atoms with Crippen molar-refractivity contribution in [1.82, 2.24) is 19.9 Å². The first-order valence-electron chi connectivity index (χ1n) is 6.49. The number of benzene rings is 1. The van der Waals surface area contributed by atoms with E-state index in [0.717, 1.165) is 24.0 Å². The molecule has 0 aliphatic rings. The molecule has 20 heavy (non-hydrogen) atoms. The van der Waals surface area contributed by atoms with Crippen molar-refractivity contribution in [1.29, 1.82) is 0 Å². The van der Waals surface area contributed by atoms with E-state index >= 15 is 0 Å². The number of imidazole rings is 1. The average Bonchev–Trinajstić information content (AvgIpc) is 2.89. The van der Waals surface area contributed by atoms with Gasteiger partial charge in [0.2, 0.25) is 5.28 Å². The van der Waals surface area contributed by atoms with Crippen molar-refractivity contribution < 1.29 is 0 Å². The Hall–Kier alpha value is -2.14. The van der Waals surface area contributed by atoms with Crippen LogP contribution in [0.3, 0.4) is 0 Å². The smallest absolute Gasteiger partial charge is 0.226 e. The minimum Gasteiger partial charge on any atom is -0.340 e. The number of H-pyrrole nitrogens is 1. The molecular weight excluding hydrogens is 274 g/mol. The molecule has 0 aliphatic heterocycles. The third-order valence-electron chi connectivity index (χ3n) is 3.05. The van der Waals surface area contributed by atoms with Gasteiger partial charge in [-0.1, -0.05) is 31.5 Å². The number of hydrogen-bond acceptors (Lipinski definition) is 4. The number of fused-ring (bicyclic) bond motifs is 1. The summed E-state index contributed by atoms with van der Waals surface area (Å²) in [6.07, 6.45) is 3.68. The van der Waals surface area contributed by atoms with Crippen LogP contribution >= 0.6 is 11.6 Å². The largest absolute Gasteiger partial charge is 0.340 e. The van der Waals surface area contributed by atoms with Crippen LogP contribution in [0.15, 0.2) is 30.6 Å². The summed E-state index contributed by atoms with van der Waals surface area (Å²) in [5.41, 5.74) is 3.58. The summed E-state index contributed by atoms with van der Waals surface area (Å²) in [4.78, 5) is 15.4. The zero-order valence-corrected chi connectivity index (χ0v) is 11.8. The number of rotatable bonds is 4. The molecular formula is C14H14ClN5. The SMILES string of the molecule is CCCc1ccccc1Nc1nc(Cl)nc2nc[nH]c12. The monoisotopic (exact) mass is 287 g/mol. The first kappa shape index (κ1) is 12.9. The highest BCUT2D eigenvalue weighted by molar-refractivity contribution is 6.28. The van der Waals surface area contributed by atoms with E-state index in [-0.39, 0.29) is 5.28 Å². The van der Waals surface area contributed by atoms with E-state index in [2.05, 4.69) is 38.2 Å². The molecule has 0 amide bonds. The van der Waals surface area contributed by atoms with E-state index in [9.17, 15) is 0 Å². The Kier molecular flexibility index (Phi) is 3.52. The molecule has 2 N–H and O–H groups in total. The summed E-state index contributed by atoms with van der Waals surface area (Å²) < 4.78 is 0. The summed E-state index contributed by atoms with van der Waals surface area (Å²) in [5, 5.41) is 3.50. The van der Waals surface area contributed by atoms with Crippen molar-refractivity contribution in [2.75, 3.05) is 5.32 Å². The lowest BCUT2D eigenvalue weighted by molar-refractivity contribution is 0.923. The molecule has 2 heterocycles. The van der Waals surface area contributed by atoms with E-state index in [4.69, 9.17) is 11.6 Å². The molecule has 0 spiro atoms. The van der Waals surface area contributed by atoms with Gasteiger partial charge in [0.05, 0.1) is 6.33 Å². The first-order valence-corrected chi connectivity index (χ1v) is 6.87. The molecule has 5 nitrogen and oxygen atoms in total. The fraction of sp³-hybridized carbons (Fsp3) is 0.214. The minimum atomic E-state index is 0.181. The number of aryl methyl sites for hydroxylation is 1. The van der Waals surface area contributed by atoms with Crippen molar-refractivity contribution in [3.05, 3.63) is 41.4 Å². The Morgan fingerprint density at radius 3 is 2.95 bits per heavy atom. The number of anilines is 2. The topological polar surface area (TPSA) is 66.5 Å². The number of hydrogen-bond donors (Lipinski definition) is 2. The maximum Gasteiger partial charge on any atom is 0.226 e. The fourth-order valence-electron chi connectivity index (χ4n) is 2.15. The van der Waals surface area contributed by atoms with Crippen LogP contribution in [0, 0.1) is 0 Å². The van der Waals surface area contributed by atoms with Gasteiger partial charge in [0.1, 0.15) is 5.52 Å².